The van der Waals surface area contributed by atoms with Crippen molar-refractivity contribution in [1.29, 1.82) is 0 Å². The van der Waals surface area contributed by atoms with E-state index in [4.69, 9.17) is 15.2 Å². The molecule has 1 atom stereocenters. The molecule has 2 aromatic rings. The van der Waals surface area contributed by atoms with Crippen LogP contribution in [0.4, 0.5) is 5.69 Å². The van der Waals surface area contributed by atoms with Gasteiger partial charge in [0.15, 0.2) is 11.5 Å². The van der Waals surface area contributed by atoms with Crippen LogP contribution >= 0.6 is 0 Å². The van der Waals surface area contributed by atoms with Gasteiger partial charge in [-0.1, -0.05) is 24.3 Å². The number of ether oxygens (including phenoxy) is 2. The molecule has 0 radical (unpaired) electrons. The molecule has 1 unspecified atom stereocenters. The van der Waals surface area contributed by atoms with Gasteiger partial charge in [0.05, 0.1) is 6.04 Å². The van der Waals surface area contributed by atoms with Crippen molar-refractivity contribution in [1.82, 2.24) is 0 Å². The summed E-state index contributed by atoms with van der Waals surface area (Å²) < 4.78 is 10.7. The van der Waals surface area contributed by atoms with Gasteiger partial charge in [-0.2, -0.15) is 0 Å². The number of anilines is 1. The maximum absolute atomic E-state index is 5.91. The Bertz CT molecular complexity index is 613. The van der Waals surface area contributed by atoms with Crippen molar-refractivity contribution in [2.45, 2.75) is 13.0 Å². The van der Waals surface area contributed by atoms with Gasteiger partial charge in [-0.25, -0.2) is 0 Å². The lowest BCUT2D eigenvalue weighted by atomic mass is 10.0. The first-order valence-electron chi connectivity index (χ1n) is 6.69. The molecule has 0 aromatic heterocycles. The van der Waals surface area contributed by atoms with Gasteiger partial charge >= 0.3 is 0 Å². The van der Waals surface area contributed by atoms with Crippen molar-refractivity contribution < 1.29 is 9.47 Å². The molecule has 3 N–H and O–H groups in total. The van der Waals surface area contributed by atoms with Crippen molar-refractivity contribution >= 4 is 5.69 Å². The maximum atomic E-state index is 5.91. The fourth-order valence-electron chi connectivity index (χ4n) is 2.33. The first-order chi connectivity index (χ1) is 9.78. The van der Waals surface area contributed by atoms with Crippen molar-refractivity contribution in [3.63, 3.8) is 0 Å². The molecule has 1 aliphatic heterocycles. The fourth-order valence-corrected chi connectivity index (χ4v) is 2.33. The standard InChI is InChI=1S/C16H18N2O2/c1-11-4-2-3-5-13(11)18-14(9-17)12-6-7-15-16(8-12)20-10-19-15/h2-8,14,18H,9-10,17H2,1H3. The highest BCUT2D eigenvalue weighted by Gasteiger charge is 2.17. The van der Waals surface area contributed by atoms with E-state index in [0.29, 0.717) is 6.54 Å². The Morgan fingerprint density at radius 1 is 1.15 bits per heavy atom. The summed E-state index contributed by atoms with van der Waals surface area (Å²) >= 11 is 0. The van der Waals surface area contributed by atoms with Gasteiger partial charge in [-0.3, -0.25) is 0 Å². The fraction of sp³-hybridized carbons (Fsp3) is 0.250. The number of hydrogen-bond donors (Lipinski definition) is 2. The van der Waals surface area contributed by atoms with Crippen LogP contribution in [-0.4, -0.2) is 13.3 Å². The van der Waals surface area contributed by atoms with Crippen molar-refractivity contribution in [2.75, 3.05) is 18.7 Å². The first-order valence-corrected chi connectivity index (χ1v) is 6.69. The van der Waals surface area contributed by atoms with Gasteiger partial charge in [0.2, 0.25) is 6.79 Å². The topological polar surface area (TPSA) is 56.5 Å². The molecule has 1 aliphatic rings. The molecule has 0 saturated heterocycles. The molecule has 104 valence electrons. The van der Waals surface area contributed by atoms with Crippen LogP contribution in [0, 0.1) is 6.92 Å². The molecule has 3 rings (SSSR count). The smallest absolute Gasteiger partial charge is 0.231 e. The lowest BCUT2D eigenvalue weighted by Crippen LogP contribution is -2.20. The van der Waals surface area contributed by atoms with Gasteiger partial charge in [0.25, 0.3) is 0 Å². The third-order valence-electron chi connectivity index (χ3n) is 3.51. The summed E-state index contributed by atoms with van der Waals surface area (Å²) in [6, 6.07) is 14.2. The molecular formula is C16H18N2O2. The van der Waals surface area contributed by atoms with Crippen molar-refractivity contribution in [2.24, 2.45) is 5.73 Å². The highest BCUT2D eigenvalue weighted by atomic mass is 16.7. The van der Waals surface area contributed by atoms with E-state index >= 15 is 0 Å². The van der Waals surface area contributed by atoms with Crippen LogP contribution in [0.5, 0.6) is 11.5 Å². The van der Waals surface area contributed by atoms with Gasteiger partial charge in [0, 0.05) is 12.2 Å². The summed E-state index contributed by atoms with van der Waals surface area (Å²) in [6.45, 7) is 2.88. The Hall–Kier alpha value is -2.20. The zero-order valence-corrected chi connectivity index (χ0v) is 11.4. The monoisotopic (exact) mass is 270 g/mol. The van der Waals surface area contributed by atoms with Crippen LogP contribution in [0.2, 0.25) is 0 Å². The summed E-state index contributed by atoms with van der Waals surface area (Å²) in [5.41, 5.74) is 9.31. The minimum atomic E-state index is 0.0469. The van der Waals surface area contributed by atoms with Crippen LogP contribution < -0.4 is 20.5 Å². The van der Waals surface area contributed by atoms with E-state index in [1.807, 2.05) is 30.3 Å². The molecule has 0 bridgehead atoms. The second kappa shape index (κ2) is 5.43. The zero-order valence-electron chi connectivity index (χ0n) is 11.4. The van der Waals surface area contributed by atoms with E-state index in [2.05, 4.69) is 24.4 Å². The van der Waals surface area contributed by atoms with E-state index in [0.717, 1.165) is 22.7 Å². The van der Waals surface area contributed by atoms with Crippen LogP contribution in [0.1, 0.15) is 17.2 Å². The quantitative estimate of drug-likeness (QED) is 0.897. The number of benzene rings is 2. The predicted molar refractivity (Wildman–Crippen MR) is 79.2 cm³/mol. The Kier molecular flexibility index (Phi) is 3.48. The third-order valence-corrected chi connectivity index (χ3v) is 3.51. The van der Waals surface area contributed by atoms with Gasteiger partial charge in [-0.05, 0) is 36.2 Å². The van der Waals surface area contributed by atoms with Crippen LogP contribution in [-0.2, 0) is 0 Å². The summed E-state index contributed by atoms with van der Waals surface area (Å²) in [5.74, 6) is 1.58. The largest absolute Gasteiger partial charge is 0.454 e. The third kappa shape index (κ3) is 2.42. The molecule has 0 spiro atoms. The minimum Gasteiger partial charge on any atom is -0.454 e. The minimum absolute atomic E-state index is 0.0469. The SMILES string of the molecule is Cc1ccccc1NC(CN)c1ccc2c(c1)OCO2. The van der Waals surface area contributed by atoms with Crippen LogP contribution in [0.3, 0.4) is 0 Å². The number of hydrogen-bond acceptors (Lipinski definition) is 4. The Balaban J connectivity index is 1.85. The average Bonchev–Trinajstić information content (AvgIpc) is 2.94. The van der Waals surface area contributed by atoms with Crippen molar-refractivity contribution in [3.8, 4) is 11.5 Å². The van der Waals surface area contributed by atoms with E-state index in [9.17, 15) is 0 Å². The molecular weight excluding hydrogens is 252 g/mol. The predicted octanol–water partition coefficient (Wildman–Crippen LogP) is 2.84. The van der Waals surface area contributed by atoms with E-state index in [1.165, 1.54) is 5.56 Å². The average molecular weight is 270 g/mol. The Morgan fingerprint density at radius 2 is 1.95 bits per heavy atom. The molecule has 0 amide bonds. The molecule has 0 fully saturated rings. The lowest BCUT2D eigenvalue weighted by Gasteiger charge is -2.20. The molecule has 0 saturated carbocycles. The van der Waals surface area contributed by atoms with Gasteiger partial charge in [-0.15, -0.1) is 0 Å². The first kappa shape index (κ1) is 12.8. The Morgan fingerprint density at radius 3 is 2.75 bits per heavy atom. The molecule has 4 nitrogen and oxygen atoms in total. The number of fused-ring (bicyclic) bond motifs is 1. The number of nitrogens with one attached hydrogen (secondary N) is 1. The number of rotatable bonds is 4. The summed E-state index contributed by atoms with van der Waals surface area (Å²) in [6.07, 6.45) is 0. The normalized spacial score (nSPS) is 14.1. The summed E-state index contributed by atoms with van der Waals surface area (Å²) in [5, 5.41) is 3.48. The van der Waals surface area contributed by atoms with Crippen molar-refractivity contribution in [3.05, 3.63) is 53.6 Å². The molecule has 1 heterocycles. The molecule has 4 heteroatoms. The zero-order chi connectivity index (χ0) is 13.9. The molecule has 2 aromatic carbocycles. The van der Waals surface area contributed by atoms with Crippen LogP contribution in [0.15, 0.2) is 42.5 Å². The van der Waals surface area contributed by atoms with Gasteiger partial charge < -0.3 is 20.5 Å². The maximum Gasteiger partial charge on any atom is 0.231 e. The highest BCUT2D eigenvalue weighted by molar-refractivity contribution is 5.53. The molecule has 20 heavy (non-hydrogen) atoms. The second-order valence-corrected chi connectivity index (χ2v) is 4.86. The number of para-hydroxylation sites is 1. The van der Waals surface area contributed by atoms with E-state index < -0.39 is 0 Å². The highest BCUT2D eigenvalue weighted by Crippen LogP contribution is 2.34. The Labute approximate surface area is 118 Å². The summed E-state index contributed by atoms with van der Waals surface area (Å²) in [4.78, 5) is 0. The summed E-state index contributed by atoms with van der Waals surface area (Å²) in [7, 11) is 0. The number of nitrogens with two attached hydrogens (primary N) is 1. The van der Waals surface area contributed by atoms with Gasteiger partial charge in [0.1, 0.15) is 0 Å². The number of aryl methyl sites for hydroxylation is 1. The second-order valence-electron chi connectivity index (χ2n) is 4.86. The molecule has 0 aliphatic carbocycles. The lowest BCUT2D eigenvalue weighted by molar-refractivity contribution is 0.174. The van der Waals surface area contributed by atoms with Crippen LogP contribution in [0.25, 0.3) is 0 Å². The van der Waals surface area contributed by atoms with E-state index in [1.54, 1.807) is 0 Å². The van der Waals surface area contributed by atoms with E-state index in [-0.39, 0.29) is 12.8 Å².